The molecule has 0 spiro atoms. The van der Waals surface area contributed by atoms with E-state index in [0.717, 1.165) is 26.0 Å². The Labute approximate surface area is 174 Å². The monoisotopic (exact) mass is 433 g/mol. The molecule has 0 radical (unpaired) electrons. The molecule has 1 amide bonds. The van der Waals surface area contributed by atoms with Crippen LogP contribution in [0.4, 0.5) is 13.2 Å². The highest BCUT2D eigenvalue weighted by molar-refractivity contribution is 7.20. The highest BCUT2D eigenvalue weighted by Crippen LogP contribution is 2.29. The van der Waals surface area contributed by atoms with Crippen LogP contribution in [-0.2, 0) is 13.0 Å². The maximum absolute atomic E-state index is 13.1. The van der Waals surface area contributed by atoms with Gasteiger partial charge >= 0.3 is 6.55 Å². The minimum Gasteiger partial charge on any atom is -0.351 e. The van der Waals surface area contributed by atoms with E-state index in [0.29, 0.717) is 11.4 Å². The van der Waals surface area contributed by atoms with E-state index in [1.807, 2.05) is 6.92 Å². The first kappa shape index (κ1) is 20.1. The number of rotatable bonds is 7. The summed E-state index contributed by atoms with van der Waals surface area (Å²) in [5.41, 5.74) is 1.69. The van der Waals surface area contributed by atoms with E-state index in [2.05, 4.69) is 15.4 Å². The number of fused-ring (bicyclic) bond motifs is 1. The molecule has 0 unspecified atom stereocenters. The van der Waals surface area contributed by atoms with Gasteiger partial charge < -0.3 is 5.32 Å². The maximum atomic E-state index is 13.1. The summed E-state index contributed by atoms with van der Waals surface area (Å²) in [5, 5.41) is 8.14. The predicted molar refractivity (Wildman–Crippen MR) is 107 cm³/mol. The second kappa shape index (κ2) is 8.31. The van der Waals surface area contributed by atoms with Gasteiger partial charge in [-0.2, -0.15) is 13.9 Å². The molecule has 1 N–H and O–H groups in total. The summed E-state index contributed by atoms with van der Waals surface area (Å²) in [4.78, 5) is 17.8. The van der Waals surface area contributed by atoms with E-state index in [1.165, 1.54) is 35.9 Å². The van der Waals surface area contributed by atoms with Crippen LogP contribution < -0.4 is 5.32 Å². The fourth-order valence-corrected chi connectivity index (χ4v) is 4.26. The van der Waals surface area contributed by atoms with Gasteiger partial charge in [0.05, 0.1) is 17.1 Å². The molecule has 4 aromatic rings. The van der Waals surface area contributed by atoms with E-state index in [1.54, 1.807) is 22.9 Å². The molecule has 4 rings (SSSR count). The van der Waals surface area contributed by atoms with Crippen molar-refractivity contribution in [1.29, 1.82) is 0 Å². The Morgan fingerprint density at radius 2 is 2.03 bits per heavy atom. The maximum Gasteiger partial charge on any atom is 0.319 e. The Hall–Kier alpha value is -3.14. The summed E-state index contributed by atoms with van der Waals surface area (Å²) in [5.74, 6) is -0.363. The molecular formula is C20H18F3N5OS. The van der Waals surface area contributed by atoms with E-state index in [9.17, 15) is 18.0 Å². The molecule has 0 aliphatic rings. The van der Waals surface area contributed by atoms with Gasteiger partial charge in [0.2, 0.25) is 0 Å². The molecule has 3 aromatic heterocycles. The molecule has 1 aromatic carbocycles. The largest absolute Gasteiger partial charge is 0.351 e. The zero-order valence-electron chi connectivity index (χ0n) is 16.0. The summed E-state index contributed by atoms with van der Waals surface area (Å²) in [6.07, 6.45) is 2.72. The number of aromatic nitrogens is 4. The number of carbonyl (C=O) groups is 1. The molecule has 0 saturated carbocycles. The second-order valence-electron chi connectivity index (χ2n) is 6.73. The van der Waals surface area contributed by atoms with Crippen molar-refractivity contribution in [1.82, 2.24) is 24.6 Å². The standard InChI is InChI=1S/C20H18F3N5OS/c1-12-15-10-16(18(29)25-7-6-17-24-8-9-27(17)20(22)23)30-19(15)28(26-12)11-13-2-4-14(21)5-3-13/h2-5,8-10,20H,6-7,11H2,1H3,(H,25,29). The van der Waals surface area contributed by atoms with Crippen LogP contribution >= 0.6 is 11.3 Å². The Bertz CT molecular complexity index is 1180. The summed E-state index contributed by atoms with van der Waals surface area (Å²) in [7, 11) is 0. The normalized spacial score (nSPS) is 11.5. The number of nitrogens with zero attached hydrogens (tertiary/aromatic N) is 4. The zero-order valence-corrected chi connectivity index (χ0v) is 16.8. The van der Waals surface area contributed by atoms with Crippen molar-refractivity contribution < 1.29 is 18.0 Å². The van der Waals surface area contributed by atoms with Gasteiger partial charge in [0.15, 0.2) is 0 Å². The lowest BCUT2D eigenvalue weighted by Crippen LogP contribution is -2.25. The molecule has 6 nitrogen and oxygen atoms in total. The Balaban J connectivity index is 1.45. The van der Waals surface area contributed by atoms with Gasteiger partial charge in [-0.3, -0.25) is 14.0 Å². The Morgan fingerprint density at radius 3 is 2.77 bits per heavy atom. The number of aryl methyl sites for hydroxylation is 1. The number of imidazole rings is 1. The van der Waals surface area contributed by atoms with Crippen molar-refractivity contribution >= 4 is 27.5 Å². The lowest BCUT2D eigenvalue weighted by molar-refractivity contribution is 0.0670. The fourth-order valence-electron chi connectivity index (χ4n) is 3.18. The Kier molecular flexibility index (Phi) is 5.58. The molecule has 156 valence electrons. The van der Waals surface area contributed by atoms with Crippen molar-refractivity contribution in [2.24, 2.45) is 0 Å². The third-order valence-electron chi connectivity index (χ3n) is 4.67. The molecular weight excluding hydrogens is 415 g/mol. The number of amides is 1. The summed E-state index contributed by atoms with van der Waals surface area (Å²) in [6, 6.07) is 7.97. The minimum atomic E-state index is -2.66. The zero-order chi connectivity index (χ0) is 21.3. The molecule has 0 fully saturated rings. The van der Waals surface area contributed by atoms with Gasteiger partial charge in [-0.1, -0.05) is 12.1 Å². The van der Waals surface area contributed by atoms with Crippen LogP contribution in [0.5, 0.6) is 0 Å². The topological polar surface area (TPSA) is 64.7 Å². The first-order valence-electron chi connectivity index (χ1n) is 9.22. The molecule has 0 aliphatic heterocycles. The molecule has 30 heavy (non-hydrogen) atoms. The number of nitrogens with one attached hydrogen (secondary N) is 1. The number of halogens is 3. The third-order valence-corrected chi connectivity index (χ3v) is 5.82. The molecule has 0 bridgehead atoms. The number of hydrogen-bond donors (Lipinski definition) is 1. The average Bonchev–Trinajstić information content (AvgIpc) is 3.41. The first-order valence-corrected chi connectivity index (χ1v) is 10.0. The number of benzene rings is 1. The van der Waals surface area contributed by atoms with Crippen LogP contribution in [0.15, 0.2) is 42.7 Å². The van der Waals surface area contributed by atoms with Crippen LogP contribution in [0.3, 0.4) is 0 Å². The number of carbonyl (C=O) groups excluding carboxylic acids is 1. The van der Waals surface area contributed by atoms with Crippen molar-refractivity contribution in [3.05, 3.63) is 70.5 Å². The van der Waals surface area contributed by atoms with E-state index in [4.69, 9.17) is 0 Å². The van der Waals surface area contributed by atoms with E-state index >= 15 is 0 Å². The van der Waals surface area contributed by atoms with Gasteiger partial charge in [0, 0.05) is 30.7 Å². The van der Waals surface area contributed by atoms with Crippen LogP contribution in [0.2, 0.25) is 0 Å². The van der Waals surface area contributed by atoms with Gasteiger partial charge in [0.1, 0.15) is 16.5 Å². The summed E-state index contributed by atoms with van der Waals surface area (Å²) >= 11 is 1.30. The van der Waals surface area contributed by atoms with E-state index < -0.39 is 6.55 Å². The molecule has 0 saturated heterocycles. The van der Waals surface area contributed by atoms with Crippen molar-refractivity contribution in [3.8, 4) is 0 Å². The van der Waals surface area contributed by atoms with Crippen molar-refractivity contribution in [3.63, 3.8) is 0 Å². The number of hydrogen-bond acceptors (Lipinski definition) is 4. The van der Waals surface area contributed by atoms with Crippen LogP contribution in [0.1, 0.15) is 33.3 Å². The quantitative estimate of drug-likeness (QED) is 0.476. The molecule has 3 heterocycles. The smallest absolute Gasteiger partial charge is 0.319 e. The minimum absolute atomic E-state index is 0.192. The lowest BCUT2D eigenvalue weighted by Gasteiger charge is -2.07. The highest BCUT2D eigenvalue weighted by atomic mass is 32.1. The van der Waals surface area contributed by atoms with Gasteiger partial charge in [0.25, 0.3) is 5.91 Å². The van der Waals surface area contributed by atoms with Gasteiger partial charge in [-0.25, -0.2) is 9.37 Å². The highest BCUT2D eigenvalue weighted by Gasteiger charge is 2.17. The fraction of sp³-hybridized carbons (Fsp3) is 0.250. The third kappa shape index (κ3) is 4.09. The van der Waals surface area contributed by atoms with Crippen LogP contribution in [0, 0.1) is 12.7 Å². The van der Waals surface area contributed by atoms with Gasteiger partial charge in [-0.15, -0.1) is 11.3 Å². The predicted octanol–water partition coefficient (Wildman–Crippen LogP) is 4.16. The molecule has 10 heteroatoms. The van der Waals surface area contributed by atoms with Crippen molar-refractivity contribution in [2.45, 2.75) is 26.4 Å². The number of thiophene rings is 1. The average molecular weight is 433 g/mol. The van der Waals surface area contributed by atoms with Crippen LogP contribution in [0.25, 0.3) is 10.2 Å². The second-order valence-corrected chi connectivity index (χ2v) is 7.76. The molecule has 0 aliphatic carbocycles. The molecule has 0 atom stereocenters. The SMILES string of the molecule is Cc1nn(Cc2ccc(F)cc2)c2sc(C(=O)NCCc3nccn3C(F)F)cc12. The Morgan fingerprint density at radius 1 is 1.27 bits per heavy atom. The summed E-state index contributed by atoms with van der Waals surface area (Å²) < 4.78 is 41.4. The van der Waals surface area contributed by atoms with Crippen molar-refractivity contribution in [2.75, 3.05) is 6.54 Å². The first-order chi connectivity index (χ1) is 14.4. The lowest BCUT2D eigenvalue weighted by atomic mass is 10.2. The van der Waals surface area contributed by atoms with Crippen LogP contribution in [-0.4, -0.2) is 31.8 Å². The number of alkyl halides is 2. The van der Waals surface area contributed by atoms with E-state index in [-0.39, 0.29) is 30.5 Å². The summed E-state index contributed by atoms with van der Waals surface area (Å²) in [6.45, 7) is -0.144. The van der Waals surface area contributed by atoms with Gasteiger partial charge in [-0.05, 0) is 30.7 Å².